The first-order chi connectivity index (χ1) is 33.8. The first-order valence-electron chi connectivity index (χ1n) is 23.0. The van der Waals surface area contributed by atoms with Gasteiger partial charge < -0.3 is 13.6 Å². The number of nitrogens with zero attached hydrogens (tertiary/aromatic N) is 5. The third-order valence-electron chi connectivity index (χ3n) is 13.6. The number of hydrogen-bond acceptors (Lipinski definition) is 3. The second-order valence-corrected chi connectivity index (χ2v) is 17.4. The first kappa shape index (κ1) is 38.1. The zero-order chi connectivity index (χ0) is 44.7. The predicted molar refractivity (Wildman–Crippen MR) is 279 cm³/mol. The van der Waals surface area contributed by atoms with Gasteiger partial charge in [0.05, 0.1) is 38.8 Å². The van der Waals surface area contributed by atoms with Crippen molar-refractivity contribution in [3.8, 4) is 62.1 Å². The van der Waals surface area contributed by atoms with Crippen LogP contribution in [0, 0.1) is 0 Å². The van der Waals surface area contributed by atoms with E-state index in [1.54, 1.807) is 0 Å². The summed E-state index contributed by atoms with van der Waals surface area (Å²) in [6, 6.07) is 84.1. The molecule has 0 unspecified atom stereocenters. The van der Waals surface area contributed by atoms with Gasteiger partial charge in [-0.3, -0.25) is 4.57 Å². The fourth-order valence-electron chi connectivity index (χ4n) is 10.6. The van der Waals surface area contributed by atoms with Gasteiger partial charge in [0.1, 0.15) is 11.2 Å². The van der Waals surface area contributed by atoms with Gasteiger partial charge in [-0.25, -0.2) is 0 Å². The van der Waals surface area contributed by atoms with Gasteiger partial charge >= 0.3 is 0 Å². The lowest BCUT2D eigenvalue weighted by molar-refractivity contribution is 0.673. The summed E-state index contributed by atoms with van der Waals surface area (Å²) in [4.78, 5) is 0. The van der Waals surface area contributed by atoms with Crippen LogP contribution in [0.15, 0.2) is 241 Å². The average Bonchev–Trinajstić information content (AvgIpc) is 4.19. The molecule has 0 aliphatic heterocycles. The molecule has 0 amide bonds. The molecule has 14 rings (SSSR count). The highest BCUT2D eigenvalue weighted by molar-refractivity contribution is 6.24. The number of para-hydroxylation sites is 4. The van der Waals surface area contributed by atoms with E-state index in [1.807, 2.05) is 42.5 Å². The summed E-state index contributed by atoms with van der Waals surface area (Å²) >= 11 is 0. The number of fused-ring (bicyclic) bond motifs is 10. The van der Waals surface area contributed by atoms with E-state index in [2.05, 4.69) is 208 Å². The Hall–Kier alpha value is -9.26. The number of benzene rings is 10. The van der Waals surface area contributed by atoms with Crippen LogP contribution >= 0.6 is 0 Å². The van der Waals surface area contributed by atoms with E-state index < -0.39 is 0 Å². The molecular formula is C62H39N5O. The van der Waals surface area contributed by atoms with Crippen molar-refractivity contribution in [1.82, 2.24) is 23.9 Å². The lowest BCUT2D eigenvalue weighted by atomic mass is 9.93. The zero-order valence-electron chi connectivity index (χ0n) is 36.7. The second-order valence-electron chi connectivity index (χ2n) is 17.4. The Morgan fingerprint density at radius 3 is 1.59 bits per heavy atom. The summed E-state index contributed by atoms with van der Waals surface area (Å²) in [5, 5.41) is 16.4. The maximum Gasteiger partial charge on any atom is 0.168 e. The average molecular weight is 870 g/mol. The Bertz CT molecular complexity index is 4190. The van der Waals surface area contributed by atoms with Crippen molar-refractivity contribution < 1.29 is 4.42 Å². The van der Waals surface area contributed by atoms with E-state index in [9.17, 15) is 0 Å². The Balaban J connectivity index is 0.888. The van der Waals surface area contributed by atoms with E-state index in [4.69, 9.17) is 14.6 Å². The normalized spacial score (nSPS) is 11.8. The van der Waals surface area contributed by atoms with Crippen LogP contribution in [0.3, 0.4) is 0 Å². The molecule has 0 aliphatic carbocycles. The van der Waals surface area contributed by atoms with E-state index in [1.165, 1.54) is 10.8 Å². The number of hydrogen-bond donors (Lipinski definition) is 0. The summed E-state index contributed by atoms with van der Waals surface area (Å²) in [6.45, 7) is 0. The van der Waals surface area contributed by atoms with Gasteiger partial charge in [0.15, 0.2) is 11.6 Å². The minimum atomic E-state index is 0.796. The summed E-state index contributed by atoms with van der Waals surface area (Å²) in [5.74, 6) is 1.59. The summed E-state index contributed by atoms with van der Waals surface area (Å²) in [7, 11) is 0. The molecule has 6 nitrogen and oxygen atoms in total. The molecular weight excluding hydrogens is 831 g/mol. The van der Waals surface area contributed by atoms with Gasteiger partial charge in [-0.2, -0.15) is 0 Å². The quantitative estimate of drug-likeness (QED) is 0.160. The van der Waals surface area contributed by atoms with Crippen molar-refractivity contribution >= 4 is 65.6 Å². The second kappa shape index (κ2) is 15.2. The third-order valence-corrected chi connectivity index (χ3v) is 13.6. The standard InChI is InChI=1S/C62H39N5O/c1-3-17-41(18-4-1)61-63-64-62(42-19-5-2-6-20-42)66(61)44-35-37-56-52(39-44)48-24-10-13-27-53(48)65(56)43-33-31-40(32-34-43)45-21-7-8-22-46(45)47-23-9-14-28-54(47)67-55-29-15-11-26-51(55)59-57(67)38-36-50-49-25-12-16-30-58(49)68-60(50)59/h1-39H. The summed E-state index contributed by atoms with van der Waals surface area (Å²) < 4.78 is 13.6. The predicted octanol–water partition coefficient (Wildman–Crippen LogP) is 16.0. The molecule has 0 atom stereocenters. The van der Waals surface area contributed by atoms with Crippen LogP contribution in [0.5, 0.6) is 0 Å². The molecule has 0 aliphatic rings. The summed E-state index contributed by atoms with van der Waals surface area (Å²) in [6.07, 6.45) is 0. The Morgan fingerprint density at radius 1 is 0.309 bits per heavy atom. The van der Waals surface area contributed by atoms with Crippen LogP contribution in [0.2, 0.25) is 0 Å². The van der Waals surface area contributed by atoms with Gasteiger partial charge in [0.2, 0.25) is 0 Å². The molecule has 0 spiro atoms. The molecule has 0 radical (unpaired) electrons. The van der Waals surface area contributed by atoms with Crippen molar-refractivity contribution in [2.45, 2.75) is 0 Å². The highest BCUT2D eigenvalue weighted by atomic mass is 16.3. The summed E-state index contributed by atoms with van der Waals surface area (Å²) in [5.41, 5.74) is 16.2. The molecule has 0 saturated heterocycles. The molecule has 0 N–H and O–H groups in total. The molecule has 318 valence electrons. The third kappa shape index (κ3) is 5.77. The van der Waals surface area contributed by atoms with Crippen LogP contribution < -0.4 is 0 Å². The Morgan fingerprint density at radius 2 is 0.853 bits per heavy atom. The minimum Gasteiger partial charge on any atom is -0.455 e. The maximum atomic E-state index is 6.64. The topological polar surface area (TPSA) is 53.7 Å². The van der Waals surface area contributed by atoms with Crippen LogP contribution in [-0.2, 0) is 0 Å². The van der Waals surface area contributed by atoms with Crippen molar-refractivity contribution in [3.63, 3.8) is 0 Å². The monoisotopic (exact) mass is 869 g/mol. The molecule has 10 aromatic carbocycles. The Kier molecular flexibility index (Phi) is 8.48. The van der Waals surface area contributed by atoms with Crippen LogP contribution in [0.25, 0.3) is 128 Å². The lowest BCUT2D eigenvalue weighted by Crippen LogP contribution is -2.01. The molecule has 68 heavy (non-hydrogen) atoms. The van der Waals surface area contributed by atoms with Crippen molar-refractivity contribution in [1.29, 1.82) is 0 Å². The first-order valence-corrected chi connectivity index (χ1v) is 23.0. The van der Waals surface area contributed by atoms with Crippen LogP contribution in [0.4, 0.5) is 0 Å². The molecule has 0 bridgehead atoms. The van der Waals surface area contributed by atoms with Crippen LogP contribution in [0.1, 0.15) is 0 Å². The zero-order valence-corrected chi connectivity index (χ0v) is 36.7. The molecule has 4 heterocycles. The Labute approximate surface area is 390 Å². The van der Waals surface area contributed by atoms with E-state index in [0.29, 0.717) is 0 Å². The van der Waals surface area contributed by atoms with Gasteiger partial charge in [-0.15, -0.1) is 10.2 Å². The fourth-order valence-corrected chi connectivity index (χ4v) is 10.6. The van der Waals surface area contributed by atoms with Gasteiger partial charge in [0.25, 0.3) is 0 Å². The van der Waals surface area contributed by atoms with E-state index >= 15 is 0 Å². The maximum absolute atomic E-state index is 6.64. The van der Waals surface area contributed by atoms with Gasteiger partial charge in [-0.1, -0.05) is 170 Å². The van der Waals surface area contributed by atoms with E-state index in [0.717, 1.165) is 117 Å². The van der Waals surface area contributed by atoms with Crippen LogP contribution in [-0.4, -0.2) is 23.9 Å². The molecule has 4 aromatic heterocycles. The number of aromatic nitrogens is 5. The fraction of sp³-hybridized carbons (Fsp3) is 0. The molecule has 0 saturated carbocycles. The van der Waals surface area contributed by atoms with Crippen molar-refractivity contribution in [2.75, 3.05) is 0 Å². The largest absolute Gasteiger partial charge is 0.455 e. The molecule has 0 fully saturated rings. The smallest absolute Gasteiger partial charge is 0.168 e. The SMILES string of the molecule is c1ccc(-c2nnc(-c3ccccc3)n2-c2ccc3c(c2)c2ccccc2n3-c2ccc(-c3ccccc3-c3ccccc3-n3c4ccccc4c4c5oc6ccccc6c5ccc43)cc2)cc1. The highest BCUT2D eigenvalue weighted by Crippen LogP contribution is 2.44. The van der Waals surface area contributed by atoms with Gasteiger partial charge in [-0.05, 0) is 83.4 Å². The minimum absolute atomic E-state index is 0.796. The van der Waals surface area contributed by atoms with Crippen molar-refractivity contribution in [2.24, 2.45) is 0 Å². The number of furan rings is 1. The molecule has 14 aromatic rings. The lowest BCUT2D eigenvalue weighted by Gasteiger charge is -2.17. The van der Waals surface area contributed by atoms with E-state index in [-0.39, 0.29) is 0 Å². The number of rotatable bonds is 7. The highest BCUT2D eigenvalue weighted by Gasteiger charge is 2.23. The van der Waals surface area contributed by atoms with Gasteiger partial charge in [0, 0.05) is 49.3 Å². The molecule has 6 heteroatoms. The van der Waals surface area contributed by atoms with Crippen molar-refractivity contribution in [3.05, 3.63) is 237 Å².